The first-order valence-corrected chi connectivity index (χ1v) is 6.69. The van der Waals surface area contributed by atoms with Crippen molar-refractivity contribution in [1.29, 1.82) is 0 Å². The Morgan fingerprint density at radius 2 is 2.44 bits per heavy atom. The maximum atomic E-state index is 11.4. The van der Waals surface area contributed by atoms with Crippen LogP contribution in [0.5, 0.6) is 0 Å². The van der Waals surface area contributed by atoms with E-state index in [9.17, 15) is 4.79 Å². The molecular weight excluding hydrogens is 252 g/mol. The van der Waals surface area contributed by atoms with E-state index in [0.29, 0.717) is 11.9 Å². The van der Waals surface area contributed by atoms with Crippen LogP contribution in [0.1, 0.15) is 19.8 Å². The fraction of sp³-hybridized carbons (Fsp3) is 0.667. The Bertz CT molecular complexity index is 462. The number of hydrogen-bond acceptors (Lipinski definition) is 4. The Morgan fingerprint density at radius 1 is 1.67 bits per heavy atom. The third-order valence-electron chi connectivity index (χ3n) is 3.53. The summed E-state index contributed by atoms with van der Waals surface area (Å²) < 4.78 is 0. The van der Waals surface area contributed by atoms with Gasteiger partial charge in [-0.1, -0.05) is 18.5 Å². The molecule has 1 fully saturated rings. The van der Waals surface area contributed by atoms with Crippen LogP contribution in [0.3, 0.4) is 0 Å². The normalized spacial score (nSPS) is 20.3. The molecular formula is C12H19ClN4O. The largest absolute Gasteiger partial charge is 0.357 e. The Kier molecular flexibility index (Phi) is 4.24. The summed E-state index contributed by atoms with van der Waals surface area (Å²) in [5.74, 6) is 0.559. The van der Waals surface area contributed by atoms with Crippen LogP contribution >= 0.6 is 11.6 Å². The van der Waals surface area contributed by atoms with Gasteiger partial charge < -0.3 is 9.88 Å². The summed E-state index contributed by atoms with van der Waals surface area (Å²) >= 11 is 5.98. The zero-order chi connectivity index (χ0) is 13.1. The van der Waals surface area contributed by atoms with Crippen molar-refractivity contribution in [2.45, 2.75) is 25.8 Å². The molecule has 100 valence electrons. The zero-order valence-electron chi connectivity index (χ0n) is 10.8. The van der Waals surface area contributed by atoms with Crippen molar-refractivity contribution >= 4 is 17.4 Å². The van der Waals surface area contributed by atoms with E-state index < -0.39 is 0 Å². The van der Waals surface area contributed by atoms with Crippen molar-refractivity contribution in [3.05, 3.63) is 21.7 Å². The minimum absolute atomic E-state index is 0.168. The maximum absolute atomic E-state index is 11.4. The van der Waals surface area contributed by atoms with E-state index in [1.807, 2.05) is 11.9 Å². The first-order chi connectivity index (χ1) is 8.63. The fourth-order valence-electron chi connectivity index (χ4n) is 2.56. The fourth-order valence-corrected chi connectivity index (χ4v) is 2.81. The van der Waals surface area contributed by atoms with E-state index in [2.05, 4.69) is 21.8 Å². The molecule has 0 saturated carbocycles. The molecule has 1 atom stereocenters. The number of nitrogens with zero attached hydrogens (tertiary/aromatic N) is 3. The summed E-state index contributed by atoms with van der Waals surface area (Å²) in [5.41, 5.74) is -0.285. The number of likely N-dealkylation sites (N-methyl/N-ethyl adjacent to an activating group) is 2. The Morgan fingerprint density at radius 3 is 3.17 bits per heavy atom. The molecule has 0 amide bonds. The molecule has 6 heteroatoms. The highest BCUT2D eigenvalue weighted by Crippen LogP contribution is 2.21. The molecule has 0 aliphatic carbocycles. The van der Waals surface area contributed by atoms with Crippen molar-refractivity contribution in [2.75, 3.05) is 31.6 Å². The lowest BCUT2D eigenvalue weighted by Crippen LogP contribution is -2.39. The van der Waals surface area contributed by atoms with Gasteiger partial charge in [0.05, 0.1) is 6.33 Å². The highest BCUT2D eigenvalue weighted by Gasteiger charge is 2.25. The number of nitrogens with one attached hydrogen (secondary N) is 1. The van der Waals surface area contributed by atoms with Crippen LogP contribution in [0, 0.1) is 0 Å². The number of aromatic amines is 1. The lowest BCUT2D eigenvalue weighted by Gasteiger charge is -2.28. The summed E-state index contributed by atoms with van der Waals surface area (Å²) in [6.07, 6.45) is 3.83. The van der Waals surface area contributed by atoms with Gasteiger partial charge in [0.1, 0.15) is 5.02 Å². The minimum Gasteiger partial charge on any atom is -0.357 e. The molecule has 1 N–H and O–H groups in total. The van der Waals surface area contributed by atoms with Gasteiger partial charge in [-0.3, -0.25) is 9.69 Å². The third-order valence-corrected chi connectivity index (χ3v) is 3.87. The molecule has 1 saturated heterocycles. The van der Waals surface area contributed by atoms with Gasteiger partial charge in [0.25, 0.3) is 5.56 Å². The van der Waals surface area contributed by atoms with Gasteiger partial charge in [-0.25, -0.2) is 4.98 Å². The predicted molar refractivity (Wildman–Crippen MR) is 73.4 cm³/mol. The van der Waals surface area contributed by atoms with E-state index >= 15 is 0 Å². The molecule has 0 radical (unpaired) electrons. The van der Waals surface area contributed by atoms with Crippen molar-refractivity contribution in [3.8, 4) is 0 Å². The summed E-state index contributed by atoms with van der Waals surface area (Å²) in [6.45, 7) is 5.25. The van der Waals surface area contributed by atoms with Gasteiger partial charge in [0, 0.05) is 19.6 Å². The van der Waals surface area contributed by atoms with Crippen LogP contribution in [0.15, 0.2) is 11.1 Å². The number of anilines is 1. The highest BCUT2D eigenvalue weighted by molar-refractivity contribution is 6.32. The standard InChI is InChI=1S/C12H19ClN4O/c1-3-17-6-4-5-9(17)7-16(2)11-10(13)12(18)15-8-14-11/h8-9H,3-7H2,1-2H3,(H,14,15,18). The van der Waals surface area contributed by atoms with Crippen LogP contribution in [-0.2, 0) is 0 Å². The number of aromatic nitrogens is 2. The lowest BCUT2D eigenvalue weighted by atomic mass is 10.2. The van der Waals surface area contributed by atoms with E-state index in [1.165, 1.54) is 19.2 Å². The van der Waals surface area contributed by atoms with E-state index in [0.717, 1.165) is 19.6 Å². The Balaban J connectivity index is 2.10. The Hall–Kier alpha value is -1.07. The molecule has 1 aliphatic rings. The zero-order valence-corrected chi connectivity index (χ0v) is 11.6. The van der Waals surface area contributed by atoms with Gasteiger partial charge in [-0.05, 0) is 25.9 Å². The average Bonchev–Trinajstić information content (AvgIpc) is 2.79. The smallest absolute Gasteiger partial charge is 0.271 e. The van der Waals surface area contributed by atoms with Crippen molar-refractivity contribution in [3.63, 3.8) is 0 Å². The van der Waals surface area contributed by atoms with Crippen LogP contribution in [-0.4, -0.2) is 47.6 Å². The molecule has 0 aromatic carbocycles. The van der Waals surface area contributed by atoms with Crippen molar-refractivity contribution in [1.82, 2.24) is 14.9 Å². The monoisotopic (exact) mass is 270 g/mol. The van der Waals surface area contributed by atoms with Crippen LogP contribution in [0.4, 0.5) is 5.82 Å². The maximum Gasteiger partial charge on any atom is 0.271 e. The third kappa shape index (κ3) is 2.67. The molecule has 2 rings (SSSR count). The molecule has 0 spiro atoms. The van der Waals surface area contributed by atoms with Gasteiger partial charge >= 0.3 is 0 Å². The number of H-pyrrole nitrogens is 1. The summed E-state index contributed by atoms with van der Waals surface area (Å²) in [7, 11) is 1.93. The molecule has 5 nitrogen and oxygen atoms in total. The van der Waals surface area contributed by atoms with Crippen LogP contribution in [0.2, 0.25) is 5.02 Å². The highest BCUT2D eigenvalue weighted by atomic mass is 35.5. The first kappa shape index (κ1) is 13.4. The minimum atomic E-state index is -0.285. The predicted octanol–water partition coefficient (Wildman–Crippen LogP) is 1.34. The number of hydrogen-bond donors (Lipinski definition) is 1. The Labute approximate surface area is 112 Å². The molecule has 0 bridgehead atoms. The topological polar surface area (TPSA) is 52.2 Å². The van der Waals surface area contributed by atoms with Gasteiger partial charge in [-0.2, -0.15) is 0 Å². The van der Waals surface area contributed by atoms with Gasteiger partial charge in [0.15, 0.2) is 5.82 Å². The second kappa shape index (κ2) is 5.71. The average molecular weight is 271 g/mol. The van der Waals surface area contributed by atoms with E-state index in [1.54, 1.807) is 0 Å². The second-order valence-corrected chi connectivity index (χ2v) is 5.05. The van der Waals surface area contributed by atoms with Gasteiger partial charge in [0.2, 0.25) is 0 Å². The van der Waals surface area contributed by atoms with E-state index in [4.69, 9.17) is 11.6 Å². The van der Waals surface area contributed by atoms with Crippen molar-refractivity contribution in [2.24, 2.45) is 0 Å². The molecule has 2 heterocycles. The molecule has 1 aliphatic heterocycles. The second-order valence-electron chi connectivity index (χ2n) is 4.67. The number of halogens is 1. The molecule has 1 aromatic rings. The molecule has 18 heavy (non-hydrogen) atoms. The van der Waals surface area contributed by atoms with Gasteiger partial charge in [-0.15, -0.1) is 0 Å². The summed E-state index contributed by atoms with van der Waals surface area (Å²) in [6, 6.07) is 0.525. The summed E-state index contributed by atoms with van der Waals surface area (Å²) in [5, 5.41) is 0.168. The molecule has 1 unspecified atom stereocenters. The quantitative estimate of drug-likeness (QED) is 0.897. The number of rotatable bonds is 4. The summed E-state index contributed by atoms with van der Waals surface area (Å²) in [4.78, 5) is 22.5. The van der Waals surface area contributed by atoms with Crippen LogP contribution < -0.4 is 10.5 Å². The first-order valence-electron chi connectivity index (χ1n) is 6.31. The van der Waals surface area contributed by atoms with Crippen molar-refractivity contribution < 1.29 is 0 Å². The molecule has 1 aromatic heterocycles. The number of likely N-dealkylation sites (tertiary alicyclic amines) is 1. The lowest BCUT2D eigenvalue weighted by molar-refractivity contribution is 0.270. The van der Waals surface area contributed by atoms with Crippen LogP contribution in [0.25, 0.3) is 0 Å². The van der Waals surface area contributed by atoms with E-state index in [-0.39, 0.29) is 10.6 Å². The SMILES string of the molecule is CCN1CCCC1CN(C)c1nc[nH]c(=O)c1Cl.